The third-order valence-electron chi connectivity index (χ3n) is 4.59. The number of aryl methyl sites for hydroxylation is 1. The van der Waals surface area contributed by atoms with Crippen LogP contribution in [0.4, 0.5) is 5.69 Å². The van der Waals surface area contributed by atoms with Gasteiger partial charge in [0.2, 0.25) is 5.91 Å². The zero-order valence-corrected chi connectivity index (χ0v) is 15.2. The number of aromatic amines is 1. The number of nitrogens with one attached hydrogen (secondary N) is 3. The van der Waals surface area contributed by atoms with E-state index in [1.165, 1.54) is 0 Å². The lowest BCUT2D eigenvalue weighted by Crippen LogP contribution is -2.43. The third-order valence-corrected chi connectivity index (χ3v) is 4.92. The maximum Gasteiger partial charge on any atom is 0.241 e. The molecule has 1 aromatic carbocycles. The van der Waals surface area contributed by atoms with Gasteiger partial charge in [-0.15, -0.1) is 0 Å². The molecular weight excluding hydrogens is 350 g/mol. The molecule has 1 saturated heterocycles. The van der Waals surface area contributed by atoms with Crippen molar-refractivity contribution in [1.82, 2.24) is 20.3 Å². The van der Waals surface area contributed by atoms with Gasteiger partial charge in [0.05, 0.1) is 16.6 Å². The Morgan fingerprint density at radius 2 is 2.19 bits per heavy atom. The van der Waals surface area contributed by atoms with Crippen LogP contribution in [0.25, 0.3) is 22.6 Å². The van der Waals surface area contributed by atoms with E-state index in [0.29, 0.717) is 22.2 Å². The minimum atomic E-state index is -0.138. The number of pyridine rings is 1. The number of H-pyrrole nitrogens is 1. The second kappa shape index (κ2) is 7.05. The first-order chi connectivity index (χ1) is 12.6. The molecule has 2 aromatic heterocycles. The lowest BCUT2D eigenvalue weighted by molar-refractivity contribution is -0.118. The van der Waals surface area contributed by atoms with E-state index in [4.69, 9.17) is 11.6 Å². The van der Waals surface area contributed by atoms with Crippen LogP contribution in [0.5, 0.6) is 0 Å². The number of carbonyl (C=O) groups is 1. The normalized spacial score (nSPS) is 17.4. The Hall–Kier alpha value is -2.44. The van der Waals surface area contributed by atoms with Crippen LogP contribution < -0.4 is 10.6 Å². The molecule has 1 aliphatic heterocycles. The van der Waals surface area contributed by atoms with Crippen LogP contribution in [0, 0.1) is 6.92 Å². The molecule has 0 spiro atoms. The highest BCUT2D eigenvalue weighted by atomic mass is 35.5. The summed E-state index contributed by atoms with van der Waals surface area (Å²) in [5.74, 6) is 0.620. The van der Waals surface area contributed by atoms with Crippen molar-refractivity contribution in [2.24, 2.45) is 0 Å². The topological polar surface area (TPSA) is 82.7 Å². The SMILES string of the molecule is Cc1cnc2nc(-c3cc(NC(=O)C4CCCCN4)ccc3Cl)[nH]c2c1. The summed E-state index contributed by atoms with van der Waals surface area (Å²) in [4.78, 5) is 24.5. The molecule has 6 nitrogen and oxygen atoms in total. The fraction of sp³-hybridized carbons (Fsp3) is 0.316. The zero-order chi connectivity index (χ0) is 18.1. The number of anilines is 1. The van der Waals surface area contributed by atoms with Crippen LogP contribution in [0.15, 0.2) is 30.5 Å². The summed E-state index contributed by atoms with van der Waals surface area (Å²) in [7, 11) is 0. The van der Waals surface area contributed by atoms with Crippen molar-refractivity contribution >= 4 is 34.4 Å². The number of rotatable bonds is 3. The molecule has 134 valence electrons. The lowest BCUT2D eigenvalue weighted by atomic mass is 10.0. The molecule has 1 fully saturated rings. The molecule has 1 amide bonds. The average Bonchev–Trinajstić information content (AvgIpc) is 3.07. The quantitative estimate of drug-likeness (QED) is 0.657. The molecule has 0 aliphatic carbocycles. The second-order valence-corrected chi connectivity index (χ2v) is 7.06. The predicted octanol–water partition coefficient (Wildman–Crippen LogP) is 3.67. The largest absolute Gasteiger partial charge is 0.337 e. The van der Waals surface area contributed by atoms with Gasteiger partial charge >= 0.3 is 0 Å². The van der Waals surface area contributed by atoms with E-state index >= 15 is 0 Å². The Kier molecular flexibility index (Phi) is 4.61. The number of benzene rings is 1. The highest BCUT2D eigenvalue weighted by Crippen LogP contribution is 2.30. The molecule has 0 saturated carbocycles. The Labute approximate surface area is 156 Å². The van der Waals surface area contributed by atoms with Crippen molar-refractivity contribution in [2.45, 2.75) is 32.2 Å². The highest BCUT2D eigenvalue weighted by Gasteiger charge is 2.21. The number of nitrogens with zero attached hydrogens (tertiary/aromatic N) is 2. The van der Waals surface area contributed by atoms with Gasteiger partial charge in [0.25, 0.3) is 0 Å². The van der Waals surface area contributed by atoms with E-state index in [1.807, 2.05) is 19.1 Å². The lowest BCUT2D eigenvalue weighted by Gasteiger charge is -2.22. The van der Waals surface area contributed by atoms with Gasteiger partial charge in [0, 0.05) is 17.4 Å². The van der Waals surface area contributed by atoms with E-state index in [9.17, 15) is 4.79 Å². The number of imidazole rings is 1. The van der Waals surface area contributed by atoms with Gasteiger partial charge in [0.15, 0.2) is 5.65 Å². The molecule has 3 aromatic rings. The van der Waals surface area contributed by atoms with Crippen molar-refractivity contribution in [1.29, 1.82) is 0 Å². The number of amides is 1. The number of aromatic nitrogens is 3. The number of carbonyl (C=O) groups excluding carboxylic acids is 1. The highest BCUT2D eigenvalue weighted by molar-refractivity contribution is 6.33. The van der Waals surface area contributed by atoms with Crippen LogP contribution >= 0.6 is 11.6 Å². The van der Waals surface area contributed by atoms with Gasteiger partial charge in [-0.1, -0.05) is 18.0 Å². The van der Waals surface area contributed by atoms with Crippen molar-refractivity contribution in [3.05, 3.63) is 41.0 Å². The first-order valence-corrected chi connectivity index (χ1v) is 9.14. The van der Waals surface area contributed by atoms with Crippen LogP contribution in [-0.4, -0.2) is 33.4 Å². The molecular formula is C19H20ClN5O. The van der Waals surface area contributed by atoms with E-state index in [2.05, 4.69) is 25.6 Å². The monoisotopic (exact) mass is 369 g/mol. The molecule has 1 unspecified atom stereocenters. The second-order valence-electron chi connectivity index (χ2n) is 6.66. The Bertz CT molecular complexity index is 962. The average molecular weight is 370 g/mol. The maximum absolute atomic E-state index is 12.4. The van der Waals surface area contributed by atoms with Gasteiger partial charge in [-0.3, -0.25) is 4.79 Å². The van der Waals surface area contributed by atoms with Crippen LogP contribution in [-0.2, 0) is 4.79 Å². The van der Waals surface area contributed by atoms with Crippen molar-refractivity contribution < 1.29 is 4.79 Å². The Morgan fingerprint density at radius 1 is 1.31 bits per heavy atom. The fourth-order valence-corrected chi connectivity index (χ4v) is 3.43. The maximum atomic E-state index is 12.4. The molecule has 0 radical (unpaired) electrons. The number of hydrogen-bond donors (Lipinski definition) is 3. The van der Waals surface area contributed by atoms with Crippen molar-refractivity contribution in [3.8, 4) is 11.4 Å². The van der Waals surface area contributed by atoms with Crippen LogP contribution in [0.1, 0.15) is 24.8 Å². The van der Waals surface area contributed by atoms with Crippen LogP contribution in [0.3, 0.4) is 0 Å². The first kappa shape index (κ1) is 17.0. The molecule has 1 atom stereocenters. The summed E-state index contributed by atoms with van der Waals surface area (Å²) in [6.07, 6.45) is 4.83. The van der Waals surface area contributed by atoms with E-state index < -0.39 is 0 Å². The molecule has 4 rings (SSSR count). The summed E-state index contributed by atoms with van der Waals surface area (Å²) >= 11 is 6.37. The van der Waals surface area contributed by atoms with Gasteiger partial charge in [-0.25, -0.2) is 9.97 Å². The summed E-state index contributed by atoms with van der Waals surface area (Å²) in [6, 6.07) is 7.27. The minimum absolute atomic E-state index is 0.0140. The standard InChI is InChI=1S/C19H20ClN5O/c1-11-8-16-18(22-10-11)25-17(24-16)13-9-12(5-6-14(13)20)23-19(26)15-4-2-3-7-21-15/h5-6,8-10,15,21H,2-4,7H2,1H3,(H,23,26)(H,22,24,25). The Balaban J connectivity index is 1.61. The number of piperidine rings is 1. The van der Waals surface area contributed by atoms with Gasteiger partial charge in [0.1, 0.15) is 5.82 Å². The molecule has 0 bridgehead atoms. The van der Waals surface area contributed by atoms with Gasteiger partial charge < -0.3 is 15.6 Å². The smallest absolute Gasteiger partial charge is 0.241 e. The molecule has 26 heavy (non-hydrogen) atoms. The number of fused-ring (bicyclic) bond motifs is 1. The fourth-order valence-electron chi connectivity index (χ4n) is 3.22. The molecule has 7 heteroatoms. The zero-order valence-electron chi connectivity index (χ0n) is 14.5. The first-order valence-electron chi connectivity index (χ1n) is 8.77. The molecule has 3 N–H and O–H groups in total. The summed E-state index contributed by atoms with van der Waals surface area (Å²) in [5, 5.41) is 6.79. The number of halogens is 1. The third kappa shape index (κ3) is 3.43. The Morgan fingerprint density at radius 3 is 3.00 bits per heavy atom. The van der Waals surface area contributed by atoms with E-state index in [-0.39, 0.29) is 11.9 Å². The summed E-state index contributed by atoms with van der Waals surface area (Å²) in [6.45, 7) is 2.87. The van der Waals surface area contributed by atoms with Gasteiger partial charge in [-0.2, -0.15) is 0 Å². The van der Waals surface area contributed by atoms with E-state index in [1.54, 1.807) is 18.3 Å². The van der Waals surface area contributed by atoms with E-state index in [0.717, 1.165) is 42.5 Å². The van der Waals surface area contributed by atoms with Crippen LogP contribution in [0.2, 0.25) is 5.02 Å². The summed E-state index contributed by atoms with van der Waals surface area (Å²) in [5.41, 5.74) is 3.99. The summed E-state index contributed by atoms with van der Waals surface area (Å²) < 4.78 is 0. The molecule has 3 heterocycles. The van der Waals surface area contributed by atoms with Crippen molar-refractivity contribution in [2.75, 3.05) is 11.9 Å². The number of hydrogen-bond acceptors (Lipinski definition) is 4. The molecule has 1 aliphatic rings. The van der Waals surface area contributed by atoms with Crippen molar-refractivity contribution in [3.63, 3.8) is 0 Å². The predicted molar refractivity (Wildman–Crippen MR) is 103 cm³/mol. The minimum Gasteiger partial charge on any atom is -0.337 e. The van der Waals surface area contributed by atoms with Gasteiger partial charge in [-0.05, 0) is 56.1 Å².